The topological polar surface area (TPSA) is 32.3 Å². The summed E-state index contributed by atoms with van der Waals surface area (Å²) in [4.78, 5) is 13.8. The number of thiophene rings is 1. The number of carbonyl (C=O) groups is 1. The molecule has 1 aliphatic rings. The molecule has 1 N–H and O–H groups in total. The van der Waals surface area contributed by atoms with Crippen LogP contribution in [0.25, 0.3) is 0 Å². The Hall–Kier alpha value is -0.710. The number of hydrogen-bond donors (Lipinski definition) is 1. The van der Waals surface area contributed by atoms with Gasteiger partial charge in [0.2, 0.25) is 0 Å². The minimum atomic E-state index is 0.831. The fourth-order valence-corrected chi connectivity index (χ4v) is 2.56. The summed E-state index contributed by atoms with van der Waals surface area (Å²) in [6.07, 6.45) is 2.14. The Bertz CT molecular complexity index is 316. The Morgan fingerprint density at radius 3 is 3.20 bits per heavy atom. The molecule has 2 rings (SSSR count). The van der Waals surface area contributed by atoms with Gasteiger partial charge in [0.15, 0.2) is 6.29 Å². The van der Waals surface area contributed by atoms with Crippen molar-refractivity contribution in [3.63, 3.8) is 0 Å². The lowest BCUT2D eigenvalue weighted by Crippen LogP contribution is -2.27. The third-order valence-electron chi connectivity index (χ3n) is 2.63. The van der Waals surface area contributed by atoms with Crippen LogP contribution in [0.3, 0.4) is 0 Å². The Labute approximate surface area is 94.1 Å². The highest BCUT2D eigenvalue weighted by molar-refractivity contribution is 7.11. The predicted octanol–water partition coefficient (Wildman–Crippen LogP) is 1.36. The highest BCUT2D eigenvalue weighted by atomic mass is 32.1. The number of aldehydes is 1. The standard InChI is InChI=1S/C11H16N2OS/c14-8-11-6-10(9-15-11)7-13-4-1-2-12-3-5-13/h6,8-9,12H,1-5,7H2. The third-order valence-corrected chi connectivity index (χ3v) is 3.54. The van der Waals surface area contributed by atoms with Gasteiger partial charge in [-0.1, -0.05) is 0 Å². The maximum atomic E-state index is 10.6. The van der Waals surface area contributed by atoms with Crippen molar-refractivity contribution in [1.29, 1.82) is 0 Å². The summed E-state index contributed by atoms with van der Waals surface area (Å²) in [7, 11) is 0. The zero-order valence-corrected chi connectivity index (χ0v) is 9.55. The van der Waals surface area contributed by atoms with E-state index in [-0.39, 0.29) is 0 Å². The normalized spacial score (nSPS) is 18.7. The fourth-order valence-electron chi connectivity index (χ4n) is 1.86. The van der Waals surface area contributed by atoms with Crippen LogP contribution in [0.5, 0.6) is 0 Å². The molecule has 15 heavy (non-hydrogen) atoms. The van der Waals surface area contributed by atoms with E-state index in [0.29, 0.717) is 0 Å². The second-order valence-electron chi connectivity index (χ2n) is 3.85. The van der Waals surface area contributed by atoms with E-state index in [1.54, 1.807) is 0 Å². The number of rotatable bonds is 3. The second kappa shape index (κ2) is 5.39. The Morgan fingerprint density at radius 2 is 2.40 bits per heavy atom. The van der Waals surface area contributed by atoms with Crippen molar-refractivity contribution in [2.24, 2.45) is 0 Å². The minimum Gasteiger partial charge on any atom is -0.315 e. The van der Waals surface area contributed by atoms with Crippen molar-refractivity contribution in [2.45, 2.75) is 13.0 Å². The van der Waals surface area contributed by atoms with E-state index in [0.717, 1.165) is 43.9 Å². The molecule has 1 aliphatic heterocycles. The van der Waals surface area contributed by atoms with E-state index in [9.17, 15) is 4.79 Å². The van der Waals surface area contributed by atoms with E-state index in [1.165, 1.54) is 23.3 Å². The summed E-state index contributed by atoms with van der Waals surface area (Å²) in [6.45, 7) is 5.43. The van der Waals surface area contributed by atoms with Gasteiger partial charge in [-0.15, -0.1) is 11.3 Å². The highest BCUT2D eigenvalue weighted by Gasteiger charge is 2.09. The summed E-state index contributed by atoms with van der Waals surface area (Å²) in [5, 5.41) is 5.47. The van der Waals surface area contributed by atoms with Crippen LogP contribution in [0.4, 0.5) is 0 Å². The first-order valence-corrected chi connectivity index (χ1v) is 6.22. The molecule has 3 nitrogen and oxygen atoms in total. The van der Waals surface area contributed by atoms with Crippen LogP contribution in [-0.2, 0) is 6.54 Å². The van der Waals surface area contributed by atoms with E-state index >= 15 is 0 Å². The molecule has 1 aromatic heterocycles. The lowest BCUT2D eigenvalue weighted by molar-refractivity contribution is 0.112. The molecule has 0 bridgehead atoms. The molecule has 0 saturated carbocycles. The van der Waals surface area contributed by atoms with Crippen LogP contribution in [0.15, 0.2) is 11.4 Å². The number of nitrogens with one attached hydrogen (secondary N) is 1. The monoisotopic (exact) mass is 224 g/mol. The van der Waals surface area contributed by atoms with Crippen molar-refractivity contribution >= 4 is 17.6 Å². The number of hydrogen-bond acceptors (Lipinski definition) is 4. The molecule has 2 heterocycles. The Kier molecular flexibility index (Phi) is 3.88. The van der Waals surface area contributed by atoms with E-state index in [4.69, 9.17) is 0 Å². The van der Waals surface area contributed by atoms with Gasteiger partial charge >= 0.3 is 0 Å². The largest absolute Gasteiger partial charge is 0.315 e. The van der Waals surface area contributed by atoms with Crippen LogP contribution in [0.1, 0.15) is 21.7 Å². The molecule has 0 spiro atoms. The van der Waals surface area contributed by atoms with Crippen molar-refractivity contribution in [2.75, 3.05) is 26.2 Å². The maximum Gasteiger partial charge on any atom is 0.160 e. The number of nitrogens with zero attached hydrogens (tertiary/aromatic N) is 1. The van der Waals surface area contributed by atoms with Crippen LogP contribution in [0, 0.1) is 0 Å². The molecule has 0 aliphatic carbocycles. The van der Waals surface area contributed by atoms with Crippen LogP contribution < -0.4 is 5.32 Å². The van der Waals surface area contributed by atoms with E-state index in [1.807, 2.05) is 6.07 Å². The molecule has 0 unspecified atom stereocenters. The molecule has 0 aromatic carbocycles. The summed E-state index contributed by atoms with van der Waals surface area (Å²) < 4.78 is 0. The van der Waals surface area contributed by atoms with Gasteiger partial charge in [0.25, 0.3) is 0 Å². The maximum absolute atomic E-state index is 10.6. The molecule has 0 atom stereocenters. The molecular formula is C11H16N2OS. The van der Waals surface area contributed by atoms with Gasteiger partial charge in [-0.3, -0.25) is 9.69 Å². The lowest BCUT2D eigenvalue weighted by atomic mass is 10.3. The summed E-state index contributed by atoms with van der Waals surface area (Å²) in [5.74, 6) is 0. The zero-order valence-electron chi connectivity index (χ0n) is 8.74. The Morgan fingerprint density at radius 1 is 1.47 bits per heavy atom. The van der Waals surface area contributed by atoms with E-state index in [2.05, 4.69) is 15.6 Å². The number of carbonyl (C=O) groups excluding carboxylic acids is 1. The van der Waals surface area contributed by atoms with Gasteiger partial charge in [0, 0.05) is 19.6 Å². The molecule has 1 saturated heterocycles. The Balaban J connectivity index is 1.91. The average molecular weight is 224 g/mol. The lowest BCUT2D eigenvalue weighted by Gasteiger charge is -2.18. The third kappa shape index (κ3) is 3.12. The molecule has 0 radical (unpaired) electrons. The second-order valence-corrected chi connectivity index (χ2v) is 4.80. The zero-order chi connectivity index (χ0) is 10.5. The predicted molar refractivity (Wildman–Crippen MR) is 62.5 cm³/mol. The van der Waals surface area contributed by atoms with Crippen molar-refractivity contribution < 1.29 is 4.79 Å². The fraction of sp³-hybridized carbons (Fsp3) is 0.545. The first-order chi connectivity index (χ1) is 7.38. The smallest absolute Gasteiger partial charge is 0.160 e. The van der Waals surface area contributed by atoms with Gasteiger partial charge < -0.3 is 5.32 Å². The molecule has 1 fully saturated rings. The van der Waals surface area contributed by atoms with Gasteiger partial charge in [0.1, 0.15) is 0 Å². The SMILES string of the molecule is O=Cc1cc(CN2CCCNCC2)cs1. The summed E-state index contributed by atoms with van der Waals surface area (Å²) in [5.41, 5.74) is 1.27. The van der Waals surface area contributed by atoms with Crippen molar-refractivity contribution in [1.82, 2.24) is 10.2 Å². The minimum absolute atomic E-state index is 0.831. The average Bonchev–Trinajstić information content (AvgIpc) is 2.54. The van der Waals surface area contributed by atoms with Crippen LogP contribution >= 0.6 is 11.3 Å². The molecule has 1 aromatic rings. The van der Waals surface area contributed by atoms with Gasteiger partial charge in [0.05, 0.1) is 4.88 Å². The molecule has 82 valence electrons. The van der Waals surface area contributed by atoms with Crippen LogP contribution in [-0.4, -0.2) is 37.4 Å². The quantitative estimate of drug-likeness (QED) is 0.787. The molecule has 0 amide bonds. The summed E-state index contributed by atoms with van der Waals surface area (Å²) >= 11 is 1.53. The van der Waals surface area contributed by atoms with Crippen LogP contribution in [0.2, 0.25) is 0 Å². The molecular weight excluding hydrogens is 208 g/mol. The first-order valence-electron chi connectivity index (χ1n) is 5.34. The molecule has 4 heteroatoms. The summed E-state index contributed by atoms with van der Waals surface area (Å²) in [6, 6.07) is 2.00. The van der Waals surface area contributed by atoms with Gasteiger partial charge in [-0.25, -0.2) is 0 Å². The van der Waals surface area contributed by atoms with E-state index < -0.39 is 0 Å². The van der Waals surface area contributed by atoms with Gasteiger partial charge in [-0.05, 0) is 36.5 Å². The first kappa shape index (κ1) is 10.8. The van der Waals surface area contributed by atoms with Gasteiger partial charge in [-0.2, -0.15) is 0 Å². The highest BCUT2D eigenvalue weighted by Crippen LogP contribution is 2.14. The van der Waals surface area contributed by atoms with Crippen molar-refractivity contribution in [3.8, 4) is 0 Å². The van der Waals surface area contributed by atoms with Crippen molar-refractivity contribution in [3.05, 3.63) is 21.9 Å².